The molecular weight excluding hydrogens is 292 g/mol. The number of aromatic hydroxyl groups is 2. The Hall–Kier alpha value is -2.49. The van der Waals surface area contributed by atoms with Crippen molar-refractivity contribution in [3.05, 3.63) is 59.7 Å². The zero-order valence-corrected chi connectivity index (χ0v) is 12.8. The predicted octanol–water partition coefficient (Wildman–Crippen LogP) is 3.66. The first kappa shape index (κ1) is 15.4. The first-order valence-corrected chi connectivity index (χ1v) is 7.86. The maximum atomic E-state index is 12.0. The van der Waals surface area contributed by atoms with Crippen molar-refractivity contribution in [1.29, 1.82) is 0 Å². The van der Waals surface area contributed by atoms with E-state index in [1.165, 1.54) is 0 Å². The highest BCUT2D eigenvalue weighted by atomic mass is 16.4. The largest absolute Gasteiger partial charge is 0.508 e. The van der Waals surface area contributed by atoms with Crippen LogP contribution in [0.4, 0.5) is 0 Å². The van der Waals surface area contributed by atoms with Crippen molar-refractivity contribution < 1.29 is 20.1 Å². The maximum absolute atomic E-state index is 12.0. The number of carboxylic acid groups (broad SMARTS) is 1. The van der Waals surface area contributed by atoms with Crippen LogP contribution in [0.5, 0.6) is 11.5 Å². The van der Waals surface area contributed by atoms with Gasteiger partial charge in [-0.2, -0.15) is 0 Å². The molecular formula is C19H20O4. The molecule has 3 N–H and O–H groups in total. The van der Waals surface area contributed by atoms with E-state index < -0.39 is 17.3 Å². The van der Waals surface area contributed by atoms with E-state index in [1.54, 1.807) is 24.3 Å². The third-order valence-corrected chi connectivity index (χ3v) is 4.97. The van der Waals surface area contributed by atoms with Crippen LogP contribution in [0.1, 0.15) is 36.8 Å². The summed E-state index contributed by atoms with van der Waals surface area (Å²) in [5.74, 6) is -0.995. The smallest absolute Gasteiger partial charge is 0.307 e. The molecule has 1 aliphatic carbocycles. The summed E-state index contributed by atoms with van der Waals surface area (Å²) in [5.41, 5.74) is 1.16. The van der Waals surface area contributed by atoms with Gasteiger partial charge in [0.05, 0.1) is 5.92 Å². The van der Waals surface area contributed by atoms with Crippen molar-refractivity contribution >= 4 is 5.97 Å². The normalized spacial score (nSPS) is 20.1. The fraction of sp³-hybridized carbons (Fsp3) is 0.316. The molecule has 3 rings (SSSR count). The van der Waals surface area contributed by atoms with Gasteiger partial charge in [0.25, 0.3) is 0 Å². The molecule has 2 aromatic carbocycles. The lowest BCUT2D eigenvalue weighted by atomic mass is 9.59. The van der Waals surface area contributed by atoms with Gasteiger partial charge in [-0.1, -0.05) is 37.1 Å². The molecule has 120 valence electrons. The Morgan fingerprint density at radius 1 is 0.870 bits per heavy atom. The second kappa shape index (κ2) is 5.95. The second-order valence-corrected chi connectivity index (χ2v) is 6.20. The number of phenolic OH excluding ortho intramolecular Hbond substituents is 2. The lowest BCUT2D eigenvalue weighted by molar-refractivity contribution is -0.145. The first-order chi connectivity index (χ1) is 11.0. The Balaban J connectivity index is 2.21. The van der Waals surface area contributed by atoms with Gasteiger partial charge in [-0.3, -0.25) is 4.79 Å². The van der Waals surface area contributed by atoms with Crippen molar-refractivity contribution in [3.63, 3.8) is 0 Å². The van der Waals surface area contributed by atoms with Gasteiger partial charge in [0.1, 0.15) is 11.5 Å². The number of rotatable bonds is 3. The SMILES string of the molecule is O=C(O)C1CCCCC1(c1ccc(O)cc1)c1ccc(O)cc1. The summed E-state index contributed by atoms with van der Waals surface area (Å²) in [4.78, 5) is 12.0. The number of aliphatic carboxylic acids is 1. The molecule has 2 aromatic rings. The van der Waals surface area contributed by atoms with Gasteiger partial charge in [-0.25, -0.2) is 0 Å². The molecule has 0 aliphatic heterocycles. The van der Waals surface area contributed by atoms with Crippen LogP contribution >= 0.6 is 0 Å². The van der Waals surface area contributed by atoms with Crippen molar-refractivity contribution in [2.45, 2.75) is 31.1 Å². The average Bonchev–Trinajstić information content (AvgIpc) is 2.56. The number of carbonyl (C=O) groups is 1. The molecule has 0 radical (unpaired) electrons. The number of hydrogen-bond acceptors (Lipinski definition) is 3. The molecule has 1 fully saturated rings. The molecule has 4 nitrogen and oxygen atoms in total. The lowest BCUT2D eigenvalue weighted by Crippen LogP contribution is -2.43. The highest BCUT2D eigenvalue weighted by molar-refractivity contribution is 5.74. The Labute approximate surface area is 135 Å². The Kier molecular flexibility index (Phi) is 3.99. The van der Waals surface area contributed by atoms with Gasteiger partial charge >= 0.3 is 5.97 Å². The van der Waals surface area contributed by atoms with Gasteiger partial charge in [-0.15, -0.1) is 0 Å². The van der Waals surface area contributed by atoms with Crippen molar-refractivity contribution in [2.75, 3.05) is 0 Å². The predicted molar refractivity (Wildman–Crippen MR) is 86.6 cm³/mol. The number of phenols is 2. The lowest BCUT2D eigenvalue weighted by Gasteiger charge is -2.43. The van der Waals surface area contributed by atoms with E-state index in [-0.39, 0.29) is 11.5 Å². The molecule has 4 heteroatoms. The number of hydrogen-bond donors (Lipinski definition) is 3. The minimum absolute atomic E-state index is 0.164. The third-order valence-electron chi connectivity index (χ3n) is 4.97. The fourth-order valence-electron chi connectivity index (χ4n) is 3.88. The molecule has 0 aromatic heterocycles. The van der Waals surface area contributed by atoms with E-state index >= 15 is 0 Å². The summed E-state index contributed by atoms with van der Waals surface area (Å²) in [6.45, 7) is 0. The van der Waals surface area contributed by atoms with Crippen LogP contribution < -0.4 is 0 Å². The van der Waals surface area contributed by atoms with Crippen LogP contribution in [0.15, 0.2) is 48.5 Å². The molecule has 0 saturated heterocycles. The number of benzene rings is 2. The quantitative estimate of drug-likeness (QED) is 0.808. The Morgan fingerprint density at radius 2 is 1.35 bits per heavy atom. The first-order valence-electron chi connectivity index (χ1n) is 7.86. The van der Waals surface area contributed by atoms with Crippen LogP contribution in [0.3, 0.4) is 0 Å². The van der Waals surface area contributed by atoms with E-state index in [0.717, 1.165) is 30.4 Å². The fourth-order valence-corrected chi connectivity index (χ4v) is 3.88. The van der Waals surface area contributed by atoms with Gasteiger partial charge in [-0.05, 0) is 48.2 Å². The highest BCUT2D eigenvalue weighted by Crippen LogP contribution is 2.49. The van der Waals surface area contributed by atoms with Gasteiger partial charge in [0.15, 0.2) is 0 Å². The zero-order valence-electron chi connectivity index (χ0n) is 12.8. The molecule has 23 heavy (non-hydrogen) atoms. The second-order valence-electron chi connectivity index (χ2n) is 6.20. The summed E-state index contributed by atoms with van der Waals surface area (Å²) < 4.78 is 0. The topological polar surface area (TPSA) is 77.8 Å². The Morgan fingerprint density at radius 3 is 1.78 bits per heavy atom. The molecule has 1 atom stereocenters. The third kappa shape index (κ3) is 2.65. The summed E-state index contributed by atoms with van der Waals surface area (Å²) >= 11 is 0. The van der Waals surface area contributed by atoms with E-state index in [2.05, 4.69) is 0 Å². The van der Waals surface area contributed by atoms with Gasteiger partial charge in [0.2, 0.25) is 0 Å². The van der Waals surface area contributed by atoms with Crippen molar-refractivity contribution in [2.24, 2.45) is 5.92 Å². The van der Waals surface area contributed by atoms with E-state index in [9.17, 15) is 20.1 Å². The summed E-state index contributed by atoms with van der Waals surface area (Å²) in [6, 6.07) is 13.6. The molecule has 0 amide bonds. The summed E-state index contributed by atoms with van der Waals surface area (Å²) in [5, 5.41) is 29.0. The van der Waals surface area contributed by atoms with Gasteiger partial charge < -0.3 is 15.3 Å². The van der Waals surface area contributed by atoms with Gasteiger partial charge in [0, 0.05) is 5.41 Å². The Bertz CT molecular complexity index is 643. The van der Waals surface area contributed by atoms with Crippen LogP contribution in [0.2, 0.25) is 0 Å². The monoisotopic (exact) mass is 312 g/mol. The molecule has 1 saturated carbocycles. The molecule has 0 spiro atoms. The van der Waals surface area contributed by atoms with Crippen LogP contribution in [0, 0.1) is 5.92 Å². The molecule has 0 bridgehead atoms. The van der Waals surface area contributed by atoms with Crippen LogP contribution in [-0.2, 0) is 10.2 Å². The van der Waals surface area contributed by atoms with E-state index in [1.807, 2.05) is 24.3 Å². The van der Waals surface area contributed by atoms with E-state index in [4.69, 9.17) is 0 Å². The molecule has 0 heterocycles. The summed E-state index contributed by atoms with van der Waals surface area (Å²) in [6.07, 6.45) is 3.21. The highest BCUT2D eigenvalue weighted by Gasteiger charge is 2.47. The van der Waals surface area contributed by atoms with Crippen LogP contribution in [0.25, 0.3) is 0 Å². The van der Waals surface area contributed by atoms with Crippen molar-refractivity contribution in [1.82, 2.24) is 0 Å². The summed E-state index contributed by atoms with van der Waals surface area (Å²) in [7, 11) is 0. The minimum Gasteiger partial charge on any atom is -0.508 e. The van der Waals surface area contributed by atoms with Crippen molar-refractivity contribution in [3.8, 4) is 11.5 Å². The standard InChI is InChI=1S/C19H20O4/c20-15-8-4-13(5-9-15)19(14-6-10-16(21)11-7-14)12-2-1-3-17(19)18(22)23/h4-11,17,20-21H,1-3,12H2,(H,22,23). The average molecular weight is 312 g/mol. The van der Waals surface area contributed by atoms with E-state index in [0.29, 0.717) is 6.42 Å². The minimum atomic E-state index is -0.800. The molecule has 1 aliphatic rings. The van der Waals surface area contributed by atoms with Crippen LogP contribution in [-0.4, -0.2) is 21.3 Å². The molecule has 1 unspecified atom stereocenters. The maximum Gasteiger partial charge on any atom is 0.307 e. The number of carboxylic acids is 1. The zero-order chi connectivity index (χ0) is 16.4.